The van der Waals surface area contributed by atoms with E-state index in [9.17, 15) is 13.2 Å². The van der Waals surface area contributed by atoms with Crippen LogP contribution in [-0.4, -0.2) is 26.0 Å². The van der Waals surface area contributed by atoms with Gasteiger partial charge in [-0.15, -0.1) is 0 Å². The molecule has 0 aliphatic carbocycles. The smallest absolute Gasteiger partial charge is 0.303 e. The quantitative estimate of drug-likeness (QED) is 0.807. The molecule has 0 fully saturated rings. The molecule has 0 aliphatic heterocycles. The van der Waals surface area contributed by atoms with Gasteiger partial charge in [-0.1, -0.05) is 31.0 Å². The van der Waals surface area contributed by atoms with Crippen molar-refractivity contribution < 1.29 is 18.3 Å². The maximum atomic E-state index is 12.2. The van der Waals surface area contributed by atoms with Crippen molar-refractivity contribution in [1.82, 2.24) is 4.72 Å². The minimum Gasteiger partial charge on any atom is -0.481 e. The second-order valence-electron chi connectivity index (χ2n) is 4.99. The lowest BCUT2D eigenvalue weighted by atomic mass is 10.0. The Labute approximate surface area is 120 Å². The molecule has 0 amide bonds. The van der Waals surface area contributed by atoms with Gasteiger partial charge in [-0.3, -0.25) is 4.79 Å². The molecule has 112 valence electrons. The number of sulfonamides is 1. The zero-order chi connectivity index (χ0) is 15.3. The molecule has 0 aromatic heterocycles. The Morgan fingerprint density at radius 1 is 1.35 bits per heavy atom. The Kier molecular flexibility index (Phi) is 5.71. The van der Waals surface area contributed by atoms with E-state index < -0.39 is 16.0 Å². The highest BCUT2D eigenvalue weighted by Gasteiger charge is 2.19. The Morgan fingerprint density at radius 2 is 2.00 bits per heavy atom. The van der Waals surface area contributed by atoms with Crippen molar-refractivity contribution in [2.24, 2.45) is 5.92 Å². The molecule has 0 saturated carbocycles. The molecule has 1 aromatic carbocycles. The van der Waals surface area contributed by atoms with Crippen LogP contribution in [0, 0.1) is 19.8 Å². The summed E-state index contributed by atoms with van der Waals surface area (Å²) < 4.78 is 26.9. The molecule has 0 heterocycles. The van der Waals surface area contributed by atoms with E-state index in [1.165, 1.54) is 0 Å². The summed E-state index contributed by atoms with van der Waals surface area (Å²) in [6.45, 7) is 5.63. The zero-order valence-corrected chi connectivity index (χ0v) is 12.8. The molecular formula is C14H21NO4S. The molecule has 0 spiro atoms. The van der Waals surface area contributed by atoms with Crippen molar-refractivity contribution in [2.45, 2.75) is 38.5 Å². The standard InChI is InChI=1S/C14H21NO4S/c1-4-12(8-14(16)17)9-15-20(18,19)13-6-5-10(2)7-11(13)3/h5-7,12,15H,4,8-9H2,1-3H3,(H,16,17). The molecule has 1 atom stereocenters. The number of aryl methyl sites for hydroxylation is 2. The lowest BCUT2D eigenvalue weighted by Gasteiger charge is -2.15. The van der Waals surface area contributed by atoms with Crippen molar-refractivity contribution in [3.8, 4) is 0 Å². The molecular weight excluding hydrogens is 278 g/mol. The molecule has 0 radical (unpaired) electrons. The Hall–Kier alpha value is -1.40. The van der Waals surface area contributed by atoms with Gasteiger partial charge in [0.25, 0.3) is 0 Å². The lowest BCUT2D eigenvalue weighted by Crippen LogP contribution is -2.30. The van der Waals surface area contributed by atoms with Crippen molar-refractivity contribution in [1.29, 1.82) is 0 Å². The topological polar surface area (TPSA) is 83.5 Å². The lowest BCUT2D eigenvalue weighted by molar-refractivity contribution is -0.138. The molecule has 5 nitrogen and oxygen atoms in total. The summed E-state index contributed by atoms with van der Waals surface area (Å²) in [5.41, 5.74) is 1.68. The van der Waals surface area contributed by atoms with E-state index in [-0.39, 0.29) is 23.8 Å². The van der Waals surface area contributed by atoms with E-state index in [0.29, 0.717) is 12.0 Å². The van der Waals surface area contributed by atoms with Crippen LogP contribution in [0.3, 0.4) is 0 Å². The number of aliphatic carboxylic acids is 1. The maximum Gasteiger partial charge on any atom is 0.303 e. The monoisotopic (exact) mass is 299 g/mol. The van der Waals surface area contributed by atoms with Gasteiger partial charge in [0.1, 0.15) is 0 Å². The number of rotatable bonds is 7. The van der Waals surface area contributed by atoms with E-state index in [1.807, 2.05) is 19.9 Å². The van der Waals surface area contributed by atoms with Gasteiger partial charge in [-0.05, 0) is 31.4 Å². The number of carboxylic acids is 1. The fourth-order valence-electron chi connectivity index (χ4n) is 2.01. The van der Waals surface area contributed by atoms with Crippen molar-refractivity contribution in [2.75, 3.05) is 6.54 Å². The predicted octanol–water partition coefficient (Wildman–Crippen LogP) is 2.08. The number of carbonyl (C=O) groups is 1. The molecule has 1 rings (SSSR count). The van der Waals surface area contributed by atoms with Gasteiger partial charge in [0.15, 0.2) is 0 Å². The Morgan fingerprint density at radius 3 is 2.50 bits per heavy atom. The minimum absolute atomic E-state index is 0.0358. The van der Waals surface area contributed by atoms with Gasteiger partial charge >= 0.3 is 5.97 Å². The molecule has 20 heavy (non-hydrogen) atoms. The second-order valence-corrected chi connectivity index (χ2v) is 6.73. The summed E-state index contributed by atoms with van der Waals surface area (Å²) in [6, 6.07) is 5.13. The molecule has 1 aromatic rings. The molecule has 2 N–H and O–H groups in total. The normalized spacial score (nSPS) is 13.2. The first-order valence-electron chi connectivity index (χ1n) is 6.55. The van der Waals surface area contributed by atoms with Gasteiger partial charge in [0, 0.05) is 13.0 Å². The first-order valence-corrected chi connectivity index (χ1v) is 8.03. The Balaban J connectivity index is 2.82. The van der Waals surface area contributed by atoms with E-state index >= 15 is 0 Å². The fourth-order valence-corrected chi connectivity index (χ4v) is 3.35. The van der Waals surface area contributed by atoms with Crippen molar-refractivity contribution in [3.63, 3.8) is 0 Å². The van der Waals surface area contributed by atoms with Gasteiger partial charge in [-0.25, -0.2) is 13.1 Å². The van der Waals surface area contributed by atoms with E-state index in [2.05, 4.69) is 4.72 Å². The van der Waals surface area contributed by atoms with Crippen LogP contribution >= 0.6 is 0 Å². The first-order chi connectivity index (χ1) is 9.26. The van der Waals surface area contributed by atoms with Crippen LogP contribution in [0.5, 0.6) is 0 Å². The fraction of sp³-hybridized carbons (Fsp3) is 0.500. The van der Waals surface area contributed by atoms with E-state index in [0.717, 1.165) is 5.56 Å². The van der Waals surface area contributed by atoms with Crippen molar-refractivity contribution >= 4 is 16.0 Å². The summed E-state index contributed by atoms with van der Waals surface area (Å²) in [5.74, 6) is -1.12. The van der Waals surface area contributed by atoms with Crippen LogP contribution < -0.4 is 4.72 Å². The van der Waals surface area contributed by atoms with Gasteiger partial charge in [0.2, 0.25) is 10.0 Å². The van der Waals surface area contributed by atoms with Crippen LogP contribution in [0.15, 0.2) is 23.1 Å². The molecule has 1 unspecified atom stereocenters. The molecule has 6 heteroatoms. The van der Waals surface area contributed by atoms with Crippen LogP contribution in [0.4, 0.5) is 0 Å². The first kappa shape index (κ1) is 16.7. The summed E-state index contributed by atoms with van der Waals surface area (Å²) in [5, 5.41) is 8.76. The zero-order valence-electron chi connectivity index (χ0n) is 12.0. The maximum absolute atomic E-state index is 12.2. The largest absolute Gasteiger partial charge is 0.481 e. The summed E-state index contributed by atoms with van der Waals surface area (Å²) in [4.78, 5) is 10.9. The summed E-state index contributed by atoms with van der Waals surface area (Å²) >= 11 is 0. The third-order valence-electron chi connectivity index (χ3n) is 3.22. The van der Waals surface area contributed by atoms with Crippen LogP contribution in [0.1, 0.15) is 30.9 Å². The highest BCUT2D eigenvalue weighted by atomic mass is 32.2. The number of nitrogens with one attached hydrogen (secondary N) is 1. The minimum atomic E-state index is -3.59. The summed E-state index contributed by atoms with van der Waals surface area (Å²) in [6.07, 6.45) is 0.577. The molecule has 0 saturated heterocycles. The van der Waals surface area contributed by atoms with E-state index in [1.54, 1.807) is 19.1 Å². The van der Waals surface area contributed by atoms with Gasteiger partial charge in [0.05, 0.1) is 4.90 Å². The number of hydrogen-bond acceptors (Lipinski definition) is 3. The van der Waals surface area contributed by atoms with Crippen LogP contribution in [0.2, 0.25) is 0 Å². The third-order valence-corrected chi connectivity index (χ3v) is 4.81. The van der Waals surface area contributed by atoms with Crippen LogP contribution in [-0.2, 0) is 14.8 Å². The number of carboxylic acid groups (broad SMARTS) is 1. The predicted molar refractivity (Wildman–Crippen MR) is 77.1 cm³/mol. The second kappa shape index (κ2) is 6.85. The molecule has 0 bridgehead atoms. The number of hydrogen-bond donors (Lipinski definition) is 2. The highest BCUT2D eigenvalue weighted by molar-refractivity contribution is 7.89. The highest BCUT2D eigenvalue weighted by Crippen LogP contribution is 2.17. The summed E-state index contributed by atoms with van der Waals surface area (Å²) in [7, 11) is -3.59. The number of benzene rings is 1. The average Bonchev–Trinajstić information content (AvgIpc) is 2.33. The molecule has 0 aliphatic rings. The average molecular weight is 299 g/mol. The SMILES string of the molecule is CCC(CNS(=O)(=O)c1ccc(C)cc1C)CC(=O)O. The van der Waals surface area contributed by atoms with Crippen LogP contribution in [0.25, 0.3) is 0 Å². The van der Waals surface area contributed by atoms with E-state index in [4.69, 9.17) is 5.11 Å². The van der Waals surface area contributed by atoms with Gasteiger partial charge in [-0.2, -0.15) is 0 Å². The van der Waals surface area contributed by atoms with Gasteiger partial charge < -0.3 is 5.11 Å². The van der Waals surface area contributed by atoms with Crippen molar-refractivity contribution in [3.05, 3.63) is 29.3 Å². The Bertz CT molecular complexity index is 581. The third kappa shape index (κ3) is 4.61.